The van der Waals surface area contributed by atoms with Crippen LogP contribution in [0.2, 0.25) is 5.02 Å². The summed E-state index contributed by atoms with van der Waals surface area (Å²) in [6.45, 7) is 2.04. The molecule has 2 aromatic carbocycles. The van der Waals surface area contributed by atoms with Gasteiger partial charge in [-0.1, -0.05) is 48.0 Å². The number of aryl methyl sites for hydroxylation is 1. The Morgan fingerprint density at radius 2 is 1.73 bits per heavy atom. The zero-order valence-electron chi connectivity index (χ0n) is 15.5. The van der Waals surface area contributed by atoms with Crippen molar-refractivity contribution in [2.24, 2.45) is 0 Å². The minimum atomic E-state index is -0.597. The van der Waals surface area contributed by atoms with E-state index >= 15 is 0 Å². The number of rotatable bonds is 6. The SMILES string of the molecule is Cc1ccc(NC(=O)[C@H](c2ccccc2)N(C)CC(=O)N(C)C)cc1Cl. The second-order valence-corrected chi connectivity index (χ2v) is 6.88. The molecule has 5 nitrogen and oxygen atoms in total. The van der Waals surface area contributed by atoms with Crippen LogP contribution in [-0.2, 0) is 9.59 Å². The molecule has 2 rings (SSSR count). The monoisotopic (exact) mass is 373 g/mol. The van der Waals surface area contributed by atoms with E-state index in [-0.39, 0.29) is 18.4 Å². The minimum Gasteiger partial charge on any atom is -0.348 e. The van der Waals surface area contributed by atoms with Crippen LogP contribution in [0, 0.1) is 6.92 Å². The van der Waals surface area contributed by atoms with Crippen LogP contribution >= 0.6 is 11.6 Å². The largest absolute Gasteiger partial charge is 0.348 e. The van der Waals surface area contributed by atoms with E-state index in [2.05, 4.69) is 5.32 Å². The Morgan fingerprint density at radius 1 is 1.08 bits per heavy atom. The van der Waals surface area contributed by atoms with Crippen molar-refractivity contribution >= 4 is 29.1 Å². The Bertz CT molecular complexity index is 778. The molecule has 0 heterocycles. The molecule has 0 aliphatic heterocycles. The molecular weight excluding hydrogens is 350 g/mol. The maximum Gasteiger partial charge on any atom is 0.246 e. The number of carbonyl (C=O) groups is 2. The molecule has 1 N–H and O–H groups in total. The van der Waals surface area contributed by atoms with Crippen LogP contribution in [0.3, 0.4) is 0 Å². The Hall–Kier alpha value is -2.37. The van der Waals surface area contributed by atoms with Gasteiger partial charge in [0.2, 0.25) is 11.8 Å². The predicted molar refractivity (Wildman–Crippen MR) is 105 cm³/mol. The summed E-state index contributed by atoms with van der Waals surface area (Å²) in [5.74, 6) is -0.287. The summed E-state index contributed by atoms with van der Waals surface area (Å²) in [7, 11) is 5.16. The highest BCUT2D eigenvalue weighted by Gasteiger charge is 2.27. The van der Waals surface area contributed by atoms with Crippen LogP contribution < -0.4 is 5.32 Å². The number of hydrogen-bond donors (Lipinski definition) is 1. The minimum absolute atomic E-state index is 0.0698. The predicted octanol–water partition coefficient (Wildman–Crippen LogP) is 3.35. The number of nitrogens with one attached hydrogen (secondary N) is 1. The molecule has 0 radical (unpaired) electrons. The number of hydrogen-bond acceptors (Lipinski definition) is 3. The van der Waals surface area contributed by atoms with Crippen molar-refractivity contribution in [3.8, 4) is 0 Å². The molecule has 2 amide bonds. The first-order chi connectivity index (χ1) is 12.3. The molecule has 0 spiro atoms. The molecule has 0 bridgehead atoms. The summed E-state index contributed by atoms with van der Waals surface area (Å²) in [4.78, 5) is 28.3. The van der Waals surface area contributed by atoms with Crippen LogP contribution in [0.15, 0.2) is 48.5 Å². The standard InChI is InChI=1S/C20H24ClN3O2/c1-14-10-11-16(12-17(14)21)22-20(26)19(15-8-6-5-7-9-15)24(4)13-18(25)23(2)3/h5-12,19H,13H2,1-4H3,(H,22,26)/t19-/m0/s1. The average Bonchev–Trinajstić information content (AvgIpc) is 2.59. The highest BCUT2D eigenvalue weighted by molar-refractivity contribution is 6.31. The fraction of sp³-hybridized carbons (Fsp3) is 0.300. The summed E-state index contributed by atoms with van der Waals surface area (Å²) >= 11 is 6.15. The van der Waals surface area contributed by atoms with Crippen molar-refractivity contribution < 1.29 is 9.59 Å². The number of anilines is 1. The third-order valence-corrected chi connectivity index (χ3v) is 4.53. The molecular formula is C20H24ClN3O2. The first kappa shape index (κ1) is 19.9. The molecule has 26 heavy (non-hydrogen) atoms. The Balaban J connectivity index is 2.26. The van der Waals surface area contributed by atoms with Crippen molar-refractivity contribution in [1.29, 1.82) is 0 Å². The van der Waals surface area contributed by atoms with Crippen LogP contribution in [0.1, 0.15) is 17.2 Å². The number of likely N-dealkylation sites (N-methyl/N-ethyl adjacent to an activating group) is 2. The Kier molecular flexibility index (Phi) is 6.77. The zero-order chi connectivity index (χ0) is 19.3. The number of benzene rings is 2. The maximum atomic E-state index is 13.0. The average molecular weight is 374 g/mol. The van der Waals surface area contributed by atoms with Gasteiger partial charge in [-0.25, -0.2) is 0 Å². The highest BCUT2D eigenvalue weighted by Crippen LogP contribution is 2.24. The summed E-state index contributed by atoms with van der Waals surface area (Å²) < 4.78 is 0. The van der Waals surface area contributed by atoms with E-state index in [0.29, 0.717) is 10.7 Å². The molecule has 0 fully saturated rings. The fourth-order valence-electron chi connectivity index (χ4n) is 2.57. The van der Waals surface area contributed by atoms with Gasteiger partial charge in [-0.2, -0.15) is 0 Å². The third-order valence-electron chi connectivity index (χ3n) is 4.13. The maximum absolute atomic E-state index is 13.0. The van der Waals surface area contributed by atoms with E-state index in [1.807, 2.05) is 49.4 Å². The molecule has 0 aliphatic rings. The second kappa shape index (κ2) is 8.83. The van der Waals surface area contributed by atoms with Crippen molar-refractivity contribution in [3.05, 3.63) is 64.7 Å². The van der Waals surface area contributed by atoms with Crippen LogP contribution in [0.4, 0.5) is 5.69 Å². The lowest BCUT2D eigenvalue weighted by Crippen LogP contribution is -2.41. The van der Waals surface area contributed by atoms with Crippen molar-refractivity contribution in [2.75, 3.05) is 33.0 Å². The molecule has 1 atom stereocenters. The summed E-state index contributed by atoms with van der Waals surface area (Å²) in [6.07, 6.45) is 0. The quantitative estimate of drug-likeness (QED) is 0.844. The van der Waals surface area contributed by atoms with Gasteiger partial charge in [-0.05, 0) is 37.2 Å². The van der Waals surface area contributed by atoms with Gasteiger partial charge >= 0.3 is 0 Å². The molecule has 2 aromatic rings. The molecule has 0 unspecified atom stereocenters. The summed E-state index contributed by atoms with van der Waals surface area (Å²) in [6, 6.07) is 14.2. The summed E-state index contributed by atoms with van der Waals surface area (Å²) in [5, 5.41) is 3.49. The first-order valence-corrected chi connectivity index (χ1v) is 8.69. The normalized spacial score (nSPS) is 11.9. The molecule has 0 saturated heterocycles. The molecule has 0 saturated carbocycles. The lowest BCUT2D eigenvalue weighted by atomic mass is 10.0. The Morgan fingerprint density at radius 3 is 2.31 bits per heavy atom. The number of carbonyl (C=O) groups excluding carboxylic acids is 2. The molecule has 0 aliphatic carbocycles. The van der Waals surface area contributed by atoms with E-state index in [9.17, 15) is 9.59 Å². The number of amides is 2. The third kappa shape index (κ3) is 5.07. The van der Waals surface area contributed by atoms with E-state index in [0.717, 1.165) is 11.1 Å². The Labute approximate surface area is 159 Å². The van der Waals surface area contributed by atoms with Crippen LogP contribution in [0.5, 0.6) is 0 Å². The van der Waals surface area contributed by atoms with Gasteiger partial charge in [0.25, 0.3) is 0 Å². The van der Waals surface area contributed by atoms with Crippen LogP contribution in [0.25, 0.3) is 0 Å². The first-order valence-electron chi connectivity index (χ1n) is 8.32. The van der Waals surface area contributed by atoms with Gasteiger partial charge in [0, 0.05) is 24.8 Å². The summed E-state index contributed by atoms with van der Waals surface area (Å²) in [5.41, 5.74) is 2.38. The molecule has 6 heteroatoms. The van der Waals surface area contributed by atoms with Gasteiger partial charge in [0.05, 0.1) is 6.54 Å². The van der Waals surface area contributed by atoms with Crippen molar-refractivity contribution in [1.82, 2.24) is 9.80 Å². The van der Waals surface area contributed by atoms with Gasteiger partial charge in [0.1, 0.15) is 6.04 Å². The van der Waals surface area contributed by atoms with Gasteiger partial charge in [0.15, 0.2) is 0 Å². The van der Waals surface area contributed by atoms with Crippen molar-refractivity contribution in [2.45, 2.75) is 13.0 Å². The van der Waals surface area contributed by atoms with E-state index in [1.54, 1.807) is 32.1 Å². The highest BCUT2D eigenvalue weighted by atomic mass is 35.5. The smallest absolute Gasteiger partial charge is 0.246 e. The van der Waals surface area contributed by atoms with Gasteiger partial charge in [-0.3, -0.25) is 14.5 Å². The number of halogens is 1. The second-order valence-electron chi connectivity index (χ2n) is 6.47. The topological polar surface area (TPSA) is 52.7 Å². The van der Waals surface area contributed by atoms with E-state index < -0.39 is 6.04 Å². The van der Waals surface area contributed by atoms with Gasteiger partial charge in [-0.15, -0.1) is 0 Å². The van der Waals surface area contributed by atoms with Crippen molar-refractivity contribution in [3.63, 3.8) is 0 Å². The van der Waals surface area contributed by atoms with E-state index in [4.69, 9.17) is 11.6 Å². The fourth-order valence-corrected chi connectivity index (χ4v) is 2.75. The molecule has 0 aromatic heterocycles. The van der Waals surface area contributed by atoms with Gasteiger partial charge < -0.3 is 10.2 Å². The molecule has 138 valence electrons. The lowest BCUT2D eigenvalue weighted by molar-refractivity contribution is -0.131. The lowest BCUT2D eigenvalue weighted by Gasteiger charge is -2.28. The van der Waals surface area contributed by atoms with E-state index in [1.165, 1.54) is 4.90 Å². The zero-order valence-corrected chi connectivity index (χ0v) is 16.2. The van der Waals surface area contributed by atoms with Crippen LogP contribution in [-0.4, -0.2) is 49.3 Å². The number of nitrogens with zero attached hydrogens (tertiary/aromatic N) is 2.